The summed E-state index contributed by atoms with van der Waals surface area (Å²) in [5, 5.41) is -0.558. The van der Waals surface area contributed by atoms with E-state index < -0.39 is 15.3 Å². The Morgan fingerprint density at radius 1 is 1.27 bits per heavy atom. The van der Waals surface area contributed by atoms with Gasteiger partial charge in [0.1, 0.15) is 5.82 Å². The van der Waals surface area contributed by atoms with Gasteiger partial charge in [-0.1, -0.05) is 0 Å². The predicted octanol–water partition coefficient (Wildman–Crippen LogP) is 0.414. The van der Waals surface area contributed by atoms with E-state index in [2.05, 4.69) is 4.98 Å². The molecule has 8 nitrogen and oxygen atoms in total. The molecule has 9 heteroatoms. The highest BCUT2D eigenvalue weighted by Crippen LogP contribution is 2.24. The first-order valence-electron chi connectivity index (χ1n) is 8.89. The lowest BCUT2D eigenvalue weighted by molar-refractivity contribution is 0.0686. The third kappa shape index (κ3) is 3.84. The van der Waals surface area contributed by atoms with Crippen molar-refractivity contribution in [1.82, 2.24) is 14.2 Å². The van der Waals surface area contributed by atoms with E-state index in [4.69, 9.17) is 4.74 Å². The van der Waals surface area contributed by atoms with Crippen LogP contribution in [-0.4, -0.2) is 87.3 Å². The molecule has 0 aromatic carbocycles. The average molecular weight is 382 g/mol. The van der Waals surface area contributed by atoms with E-state index in [0.717, 1.165) is 0 Å². The highest BCUT2D eigenvalue weighted by atomic mass is 32.2. The molecule has 2 aliphatic rings. The van der Waals surface area contributed by atoms with Crippen molar-refractivity contribution in [2.75, 3.05) is 58.4 Å². The number of aromatic nitrogens is 1. The summed E-state index contributed by atoms with van der Waals surface area (Å²) in [5.74, 6) is 0.430. The van der Waals surface area contributed by atoms with Gasteiger partial charge in [-0.25, -0.2) is 13.4 Å². The molecule has 0 saturated carbocycles. The van der Waals surface area contributed by atoms with Crippen LogP contribution in [0.2, 0.25) is 0 Å². The van der Waals surface area contributed by atoms with E-state index in [-0.39, 0.29) is 12.5 Å². The number of nitrogens with zero attached hydrogens (tertiary/aromatic N) is 4. The van der Waals surface area contributed by atoms with E-state index in [1.165, 1.54) is 4.31 Å². The molecule has 0 radical (unpaired) electrons. The van der Waals surface area contributed by atoms with Gasteiger partial charge in [0, 0.05) is 46.5 Å². The molecule has 144 valence electrons. The SMILES string of the molecule is CN(C)c1ncccc1C(=O)N1CCC[C@H](S(=O)(=O)N2CCOCC2)C1. The zero-order valence-corrected chi connectivity index (χ0v) is 16.1. The fourth-order valence-electron chi connectivity index (χ4n) is 3.47. The summed E-state index contributed by atoms with van der Waals surface area (Å²) in [7, 11) is 0.242. The second-order valence-corrected chi connectivity index (χ2v) is 9.05. The Morgan fingerprint density at radius 2 is 2.00 bits per heavy atom. The number of rotatable bonds is 4. The zero-order chi connectivity index (χ0) is 18.7. The van der Waals surface area contributed by atoms with Crippen molar-refractivity contribution in [1.29, 1.82) is 0 Å². The molecule has 1 aromatic heterocycles. The number of pyridine rings is 1. The topological polar surface area (TPSA) is 83.1 Å². The molecule has 26 heavy (non-hydrogen) atoms. The quantitative estimate of drug-likeness (QED) is 0.750. The first-order chi connectivity index (χ1) is 12.4. The summed E-state index contributed by atoms with van der Waals surface area (Å²) in [6, 6.07) is 3.47. The number of morpholine rings is 1. The molecule has 2 saturated heterocycles. The third-order valence-corrected chi connectivity index (χ3v) is 7.17. The zero-order valence-electron chi connectivity index (χ0n) is 15.3. The number of carbonyl (C=O) groups excluding carboxylic acids is 1. The van der Waals surface area contributed by atoms with Crippen LogP contribution < -0.4 is 4.90 Å². The van der Waals surface area contributed by atoms with E-state index in [1.807, 2.05) is 14.1 Å². The Bertz CT molecular complexity index is 747. The maximum atomic E-state index is 13.0. The second kappa shape index (κ2) is 7.89. The summed E-state index contributed by atoms with van der Waals surface area (Å²) in [4.78, 5) is 20.7. The largest absolute Gasteiger partial charge is 0.379 e. The van der Waals surface area contributed by atoms with Gasteiger partial charge >= 0.3 is 0 Å². The van der Waals surface area contributed by atoms with Gasteiger partial charge in [0.2, 0.25) is 10.0 Å². The molecule has 1 amide bonds. The molecule has 0 aliphatic carbocycles. The monoisotopic (exact) mass is 382 g/mol. The number of anilines is 1. The van der Waals surface area contributed by atoms with Crippen LogP contribution >= 0.6 is 0 Å². The van der Waals surface area contributed by atoms with Gasteiger partial charge in [0.15, 0.2) is 0 Å². The molecule has 0 unspecified atom stereocenters. The standard InChI is InChI=1S/C17H26N4O4S/c1-19(2)16-15(6-3-7-18-16)17(22)20-8-4-5-14(13-20)26(23,24)21-9-11-25-12-10-21/h3,6-7,14H,4-5,8-13H2,1-2H3/t14-/m0/s1. The van der Waals surface area contributed by atoms with E-state index in [9.17, 15) is 13.2 Å². The van der Waals surface area contributed by atoms with Gasteiger partial charge in [-0.15, -0.1) is 0 Å². The number of hydrogen-bond acceptors (Lipinski definition) is 6. The van der Waals surface area contributed by atoms with Gasteiger partial charge in [-0.3, -0.25) is 4.79 Å². The van der Waals surface area contributed by atoms with E-state index in [0.29, 0.717) is 57.1 Å². The summed E-state index contributed by atoms with van der Waals surface area (Å²) in [6.45, 7) is 2.42. The predicted molar refractivity (Wildman–Crippen MR) is 98.8 cm³/mol. The Labute approximate surface area is 154 Å². The minimum absolute atomic E-state index is 0.163. The molecule has 1 atom stereocenters. The van der Waals surface area contributed by atoms with Crippen molar-refractivity contribution in [3.63, 3.8) is 0 Å². The van der Waals surface area contributed by atoms with Crippen LogP contribution in [0.4, 0.5) is 5.82 Å². The van der Waals surface area contributed by atoms with Crippen LogP contribution in [-0.2, 0) is 14.8 Å². The summed E-state index contributed by atoms with van der Waals surface area (Å²) >= 11 is 0. The molecule has 0 spiro atoms. The lowest BCUT2D eigenvalue weighted by Crippen LogP contribution is -2.51. The van der Waals surface area contributed by atoms with Crippen molar-refractivity contribution in [2.45, 2.75) is 18.1 Å². The summed E-state index contributed by atoms with van der Waals surface area (Å²) < 4.78 is 32.6. The molecule has 0 bridgehead atoms. The van der Waals surface area contributed by atoms with Crippen LogP contribution in [0, 0.1) is 0 Å². The van der Waals surface area contributed by atoms with Gasteiger partial charge in [-0.05, 0) is 25.0 Å². The fraction of sp³-hybridized carbons (Fsp3) is 0.647. The van der Waals surface area contributed by atoms with Crippen molar-refractivity contribution >= 4 is 21.7 Å². The maximum Gasteiger partial charge on any atom is 0.257 e. The van der Waals surface area contributed by atoms with Crippen LogP contribution in [0.15, 0.2) is 18.3 Å². The number of likely N-dealkylation sites (tertiary alicyclic amines) is 1. The molecule has 0 N–H and O–H groups in total. The first kappa shape index (κ1) is 19.1. The lowest BCUT2D eigenvalue weighted by Gasteiger charge is -2.36. The van der Waals surface area contributed by atoms with Crippen LogP contribution in [0.25, 0.3) is 0 Å². The summed E-state index contributed by atoms with van der Waals surface area (Å²) in [5.41, 5.74) is 0.502. The number of carbonyl (C=O) groups is 1. The normalized spacial score (nSPS) is 22.2. The van der Waals surface area contributed by atoms with Gasteiger partial charge in [0.25, 0.3) is 5.91 Å². The number of hydrogen-bond donors (Lipinski definition) is 0. The van der Waals surface area contributed by atoms with Gasteiger partial charge in [0.05, 0.1) is 24.0 Å². The Kier molecular flexibility index (Phi) is 5.79. The number of piperidine rings is 1. The van der Waals surface area contributed by atoms with Crippen LogP contribution in [0.5, 0.6) is 0 Å². The number of sulfonamides is 1. The maximum absolute atomic E-state index is 13.0. The highest BCUT2D eigenvalue weighted by Gasteiger charge is 2.37. The highest BCUT2D eigenvalue weighted by molar-refractivity contribution is 7.89. The average Bonchev–Trinajstić information content (AvgIpc) is 2.68. The van der Waals surface area contributed by atoms with Gasteiger partial charge in [-0.2, -0.15) is 4.31 Å². The minimum Gasteiger partial charge on any atom is -0.379 e. The number of amides is 1. The molecule has 1 aromatic rings. The number of ether oxygens (including phenoxy) is 1. The molecular weight excluding hydrogens is 356 g/mol. The Hall–Kier alpha value is -1.71. The van der Waals surface area contributed by atoms with Crippen molar-refractivity contribution in [3.8, 4) is 0 Å². The molecule has 3 heterocycles. The molecule has 2 fully saturated rings. The Balaban J connectivity index is 1.77. The van der Waals surface area contributed by atoms with Crippen LogP contribution in [0.1, 0.15) is 23.2 Å². The third-order valence-electron chi connectivity index (χ3n) is 4.86. The first-order valence-corrected chi connectivity index (χ1v) is 10.4. The Morgan fingerprint density at radius 3 is 2.69 bits per heavy atom. The van der Waals surface area contributed by atoms with E-state index >= 15 is 0 Å². The fourth-order valence-corrected chi connectivity index (χ4v) is 5.38. The molecule has 2 aliphatic heterocycles. The van der Waals surface area contributed by atoms with Gasteiger partial charge < -0.3 is 14.5 Å². The molecule has 3 rings (SSSR count). The van der Waals surface area contributed by atoms with Crippen LogP contribution in [0.3, 0.4) is 0 Å². The van der Waals surface area contributed by atoms with Crippen molar-refractivity contribution in [3.05, 3.63) is 23.9 Å². The van der Waals surface area contributed by atoms with Crippen molar-refractivity contribution in [2.24, 2.45) is 0 Å². The lowest BCUT2D eigenvalue weighted by atomic mass is 10.1. The smallest absolute Gasteiger partial charge is 0.257 e. The second-order valence-electron chi connectivity index (χ2n) is 6.84. The summed E-state index contributed by atoms with van der Waals surface area (Å²) in [6.07, 6.45) is 2.91. The van der Waals surface area contributed by atoms with Crippen molar-refractivity contribution < 1.29 is 17.9 Å². The van der Waals surface area contributed by atoms with E-state index in [1.54, 1.807) is 28.1 Å². The molecular formula is C17H26N4O4S. The minimum atomic E-state index is -3.43.